The predicted molar refractivity (Wildman–Crippen MR) is 110 cm³/mol. The van der Waals surface area contributed by atoms with Crippen molar-refractivity contribution in [2.24, 2.45) is 0 Å². The average Bonchev–Trinajstić information content (AvgIpc) is 2.70. The molecular weight excluding hydrogens is 423 g/mol. The Morgan fingerprint density at radius 2 is 1.69 bits per heavy atom. The van der Waals surface area contributed by atoms with E-state index in [2.05, 4.69) is 0 Å². The number of rotatable bonds is 6. The normalized spacial score (nSPS) is 11.0. The lowest BCUT2D eigenvalue weighted by Gasteiger charge is -2.19. The lowest BCUT2D eigenvalue weighted by atomic mass is 9.97. The number of halogens is 4. The molecule has 0 spiro atoms. The van der Waals surface area contributed by atoms with Crippen molar-refractivity contribution in [3.05, 3.63) is 74.5 Å². The average molecular weight is 440 g/mol. The zero-order valence-corrected chi connectivity index (χ0v) is 17.2. The van der Waals surface area contributed by atoms with Crippen LogP contribution in [0.2, 0.25) is 10.0 Å². The number of ether oxygens (including phenoxy) is 2. The van der Waals surface area contributed by atoms with Gasteiger partial charge in [0.2, 0.25) is 0 Å². The molecule has 0 radical (unpaired) electrons. The summed E-state index contributed by atoms with van der Waals surface area (Å²) in [5.74, 6) is -1.19. The summed E-state index contributed by atoms with van der Waals surface area (Å²) in [5, 5.41) is 0.201. The minimum atomic E-state index is -0.807. The molecule has 8 heteroatoms. The molecule has 0 unspecified atom stereocenters. The quantitative estimate of drug-likeness (QED) is 0.457. The molecule has 1 aromatic heterocycles. The first kappa shape index (κ1) is 21.3. The summed E-state index contributed by atoms with van der Waals surface area (Å²) in [6.45, 7) is 1.83. The first-order chi connectivity index (χ1) is 13.9. The highest BCUT2D eigenvalue weighted by atomic mass is 35.5. The van der Waals surface area contributed by atoms with Crippen LogP contribution in [0.15, 0.2) is 47.3 Å². The minimum Gasteiger partial charge on any atom is -0.468 e. The van der Waals surface area contributed by atoms with Gasteiger partial charge in [-0.25, -0.2) is 8.78 Å². The molecule has 0 amide bonds. The molecule has 0 bridgehead atoms. The van der Waals surface area contributed by atoms with Crippen LogP contribution in [0.25, 0.3) is 22.4 Å². The third kappa shape index (κ3) is 4.15. The van der Waals surface area contributed by atoms with E-state index >= 15 is 0 Å². The lowest BCUT2D eigenvalue weighted by Crippen LogP contribution is -2.23. The van der Waals surface area contributed by atoms with Crippen molar-refractivity contribution in [3.63, 3.8) is 0 Å². The number of hydrogen-bond acceptors (Lipinski definition) is 3. The second kappa shape index (κ2) is 8.95. The first-order valence-corrected chi connectivity index (χ1v) is 9.44. The van der Waals surface area contributed by atoms with Gasteiger partial charge in [0.25, 0.3) is 5.56 Å². The third-order valence-corrected chi connectivity index (χ3v) is 4.93. The van der Waals surface area contributed by atoms with Gasteiger partial charge in [0, 0.05) is 29.8 Å². The number of aromatic nitrogens is 1. The van der Waals surface area contributed by atoms with Crippen LogP contribution in [-0.4, -0.2) is 18.5 Å². The van der Waals surface area contributed by atoms with E-state index in [9.17, 15) is 13.6 Å². The second-order valence-electron chi connectivity index (χ2n) is 6.09. The maximum absolute atomic E-state index is 14.7. The van der Waals surface area contributed by atoms with Gasteiger partial charge >= 0.3 is 0 Å². The number of pyridine rings is 1. The van der Waals surface area contributed by atoms with Crippen molar-refractivity contribution >= 4 is 23.2 Å². The van der Waals surface area contributed by atoms with Gasteiger partial charge in [0.1, 0.15) is 22.4 Å². The maximum atomic E-state index is 14.7. The highest BCUT2D eigenvalue weighted by molar-refractivity contribution is 6.34. The molecule has 3 aromatic rings. The molecule has 2 aromatic carbocycles. The first-order valence-electron chi connectivity index (χ1n) is 8.68. The molecule has 4 nitrogen and oxygen atoms in total. The van der Waals surface area contributed by atoms with E-state index < -0.39 is 17.2 Å². The fourth-order valence-electron chi connectivity index (χ4n) is 3.06. The fourth-order valence-corrected chi connectivity index (χ4v) is 3.49. The van der Waals surface area contributed by atoms with E-state index in [-0.39, 0.29) is 29.6 Å². The molecule has 0 fully saturated rings. The standard InChI is InChI=1S/C21H17Cl2F2NO3/c1-3-26-20(19-17(24)5-4-6-18(19)25)14(10-16(23)21(26)27)13-9-12(29-11-28-2)7-8-15(13)22/h4-10H,3,11H2,1-2H3. The van der Waals surface area contributed by atoms with Crippen LogP contribution in [0.4, 0.5) is 8.78 Å². The summed E-state index contributed by atoms with van der Waals surface area (Å²) in [5.41, 5.74) is -0.144. The summed E-state index contributed by atoms with van der Waals surface area (Å²) >= 11 is 12.5. The molecule has 0 saturated carbocycles. The van der Waals surface area contributed by atoms with Crippen molar-refractivity contribution in [3.8, 4) is 28.1 Å². The summed E-state index contributed by atoms with van der Waals surface area (Å²) in [6.07, 6.45) is 0. The van der Waals surface area contributed by atoms with Crippen molar-refractivity contribution < 1.29 is 18.3 Å². The van der Waals surface area contributed by atoms with Gasteiger partial charge in [-0.1, -0.05) is 29.3 Å². The van der Waals surface area contributed by atoms with Crippen LogP contribution >= 0.6 is 23.2 Å². The monoisotopic (exact) mass is 439 g/mol. The van der Waals surface area contributed by atoms with E-state index in [1.165, 1.54) is 23.8 Å². The molecule has 0 N–H and O–H groups in total. The number of methoxy groups -OCH3 is 1. The van der Waals surface area contributed by atoms with Crippen molar-refractivity contribution in [2.75, 3.05) is 13.9 Å². The highest BCUT2D eigenvalue weighted by Gasteiger charge is 2.23. The predicted octanol–water partition coefficient (Wildman–Crippen LogP) is 5.77. The largest absolute Gasteiger partial charge is 0.468 e. The second-order valence-corrected chi connectivity index (χ2v) is 6.91. The van der Waals surface area contributed by atoms with Crippen LogP contribution in [0.1, 0.15) is 6.92 Å². The smallest absolute Gasteiger partial charge is 0.269 e. The van der Waals surface area contributed by atoms with E-state index in [1.54, 1.807) is 25.1 Å². The Balaban J connectivity index is 2.39. The SMILES string of the molecule is CCn1c(-c2c(F)cccc2F)c(-c2cc(OCOC)ccc2Cl)cc(Cl)c1=O. The fraction of sp³-hybridized carbons (Fsp3) is 0.190. The Hall–Kier alpha value is -2.41. The van der Waals surface area contributed by atoms with Gasteiger partial charge in [0.05, 0.1) is 11.3 Å². The number of benzene rings is 2. The van der Waals surface area contributed by atoms with E-state index in [1.807, 2.05) is 0 Å². The van der Waals surface area contributed by atoms with Crippen molar-refractivity contribution in [1.29, 1.82) is 0 Å². The molecular formula is C21H17Cl2F2NO3. The molecule has 3 rings (SSSR count). The minimum absolute atomic E-state index is 0.00504. The molecule has 152 valence electrons. The zero-order valence-electron chi connectivity index (χ0n) is 15.6. The van der Waals surface area contributed by atoms with Crippen LogP contribution in [-0.2, 0) is 11.3 Å². The van der Waals surface area contributed by atoms with Gasteiger partial charge in [-0.2, -0.15) is 0 Å². The molecule has 0 aliphatic heterocycles. The van der Waals surface area contributed by atoms with Crippen LogP contribution in [0.5, 0.6) is 5.75 Å². The number of nitrogens with zero attached hydrogens (tertiary/aromatic N) is 1. The van der Waals surface area contributed by atoms with Gasteiger partial charge in [-0.3, -0.25) is 4.79 Å². The van der Waals surface area contributed by atoms with Crippen molar-refractivity contribution in [2.45, 2.75) is 13.5 Å². The van der Waals surface area contributed by atoms with Gasteiger partial charge in [-0.15, -0.1) is 0 Å². The van der Waals surface area contributed by atoms with E-state index in [0.29, 0.717) is 21.9 Å². The molecule has 1 heterocycles. The Bertz CT molecular complexity index is 1100. The van der Waals surface area contributed by atoms with Crippen molar-refractivity contribution in [1.82, 2.24) is 4.57 Å². The lowest BCUT2D eigenvalue weighted by molar-refractivity contribution is 0.0511. The Labute approximate surface area is 176 Å². The Morgan fingerprint density at radius 3 is 2.31 bits per heavy atom. The summed E-state index contributed by atoms with van der Waals surface area (Å²) in [4.78, 5) is 12.6. The molecule has 0 aliphatic carbocycles. The molecule has 0 aliphatic rings. The zero-order chi connectivity index (χ0) is 21.1. The van der Waals surface area contributed by atoms with Crippen LogP contribution in [0.3, 0.4) is 0 Å². The summed E-state index contributed by atoms with van der Waals surface area (Å²) in [6, 6.07) is 9.68. The Morgan fingerprint density at radius 1 is 1.00 bits per heavy atom. The van der Waals surface area contributed by atoms with Crippen LogP contribution < -0.4 is 10.3 Å². The number of hydrogen-bond donors (Lipinski definition) is 0. The van der Waals surface area contributed by atoms with E-state index in [0.717, 1.165) is 12.1 Å². The van der Waals surface area contributed by atoms with Gasteiger partial charge in [-0.05, 0) is 43.3 Å². The molecule has 0 saturated heterocycles. The topological polar surface area (TPSA) is 40.5 Å². The van der Waals surface area contributed by atoms with E-state index in [4.69, 9.17) is 32.7 Å². The summed E-state index contributed by atoms with van der Waals surface area (Å²) in [7, 11) is 1.48. The van der Waals surface area contributed by atoms with Gasteiger partial charge < -0.3 is 14.0 Å². The Kier molecular flexibility index (Phi) is 6.57. The highest BCUT2D eigenvalue weighted by Crippen LogP contribution is 2.40. The molecule has 0 atom stereocenters. The molecule has 29 heavy (non-hydrogen) atoms. The van der Waals surface area contributed by atoms with Crippen LogP contribution in [0, 0.1) is 11.6 Å². The summed E-state index contributed by atoms with van der Waals surface area (Å²) < 4.78 is 40.9. The third-order valence-electron chi connectivity index (χ3n) is 4.33. The van der Waals surface area contributed by atoms with Gasteiger partial charge in [0.15, 0.2) is 6.79 Å². The maximum Gasteiger partial charge on any atom is 0.269 e.